The first-order valence-electron chi connectivity index (χ1n) is 7.81. The highest BCUT2D eigenvalue weighted by Crippen LogP contribution is 2.44. The first kappa shape index (κ1) is 15.2. The molecule has 2 aromatic rings. The van der Waals surface area contributed by atoms with Gasteiger partial charge in [0.1, 0.15) is 0 Å². The van der Waals surface area contributed by atoms with Crippen molar-refractivity contribution in [2.24, 2.45) is 5.41 Å². The van der Waals surface area contributed by atoms with Gasteiger partial charge in [-0.2, -0.15) is 0 Å². The zero-order valence-corrected chi connectivity index (χ0v) is 14.1. The number of aromatic nitrogens is 2. The molecule has 1 aromatic heterocycles. The van der Waals surface area contributed by atoms with E-state index in [-0.39, 0.29) is 17.2 Å². The van der Waals surface area contributed by atoms with Gasteiger partial charge in [0.2, 0.25) is 11.6 Å². The summed E-state index contributed by atoms with van der Waals surface area (Å²) in [6.45, 7) is 4.18. The van der Waals surface area contributed by atoms with Gasteiger partial charge in [0.05, 0.1) is 6.04 Å². The minimum atomic E-state index is -0.318. The number of benzene rings is 1. The van der Waals surface area contributed by atoms with E-state index < -0.39 is 0 Å². The van der Waals surface area contributed by atoms with Gasteiger partial charge >= 0.3 is 0 Å². The van der Waals surface area contributed by atoms with Gasteiger partial charge in [0.25, 0.3) is 0 Å². The van der Waals surface area contributed by atoms with Gasteiger partial charge in [0, 0.05) is 22.7 Å². The van der Waals surface area contributed by atoms with Crippen LogP contribution in [0.5, 0.6) is 0 Å². The smallest absolute Gasteiger partial charge is 0.219 e. The van der Waals surface area contributed by atoms with Crippen LogP contribution in [0.4, 0.5) is 11.6 Å². The maximum atomic E-state index is 12.9. The van der Waals surface area contributed by atoms with E-state index in [4.69, 9.17) is 16.2 Å². The molecule has 1 aliphatic heterocycles. The van der Waals surface area contributed by atoms with E-state index in [9.17, 15) is 4.79 Å². The van der Waals surface area contributed by atoms with Crippen molar-refractivity contribution >= 4 is 29.0 Å². The summed E-state index contributed by atoms with van der Waals surface area (Å²) in [4.78, 5) is 12.9. The quantitative estimate of drug-likeness (QED) is 0.815. The Hall–Kier alpha value is -2.34. The number of nitrogens with one attached hydrogen (secondary N) is 2. The van der Waals surface area contributed by atoms with Crippen LogP contribution in [0.1, 0.15) is 38.3 Å². The lowest BCUT2D eigenvalue weighted by Crippen LogP contribution is -2.31. The first-order chi connectivity index (χ1) is 11.4. The van der Waals surface area contributed by atoms with Crippen LogP contribution in [0.2, 0.25) is 5.02 Å². The van der Waals surface area contributed by atoms with Crippen LogP contribution in [0.25, 0.3) is 0 Å². The van der Waals surface area contributed by atoms with E-state index in [0.29, 0.717) is 23.1 Å². The third-order valence-corrected chi connectivity index (χ3v) is 4.70. The summed E-state index contributed by atoms with van der Waals surface area (Å²) in [5.74, 6) is 1.13. The number of carbonyl (C=O) groups is 1. The average Bonchev–Trinajstić information content (AvgIpc) is 2.86. The van der Waals surface area contributed by atoms with Gasteiger partial charge in [-0.25, -0.2) is 4.63 Å². The van der Waals surface area contributed by atoms with Gasteiger partial charge in [-0.15, -0.1) is 0 Å². The molecule has 1 aromatic carbocycles. The number of carbonyl (C=O) groups excluding carboxylic acids is 1. The normalized spacial score (nSPS) is 22.1. The molecule has 2 aliphatic rings. The van der Waals surface area contributed by atoms with Crippen molar-refractivity contribution in [2.75, 3.05) is 10.6 Å². The summed E-state index contributed by atoms with van der Waals surface area (Å²) in [6.07, 6.45) is 1.26. The maximum absolute atomic E-state index is 12.9. The highest BCUT2D eigenvalue weighted by atomic mass is 35.5. The molecule has 7 heteroatoms. The summed E-state index contributed by atoms with van der Waals surface area (Å²) in [5.41, 5.74) is 2.45. The Morgan fingerprint density at radius 3 is 2.62 bits per heavy atom. The lowest BCUT2D eigenvalue weighted by atomic mass is 9.73. The Bertz CT molecular complexity index is 839. The van der Waals surface area contributed by atoms with Gasteiger partial charge in [-0.05, 0) is 39.8 Å². The molecule has 24 heavy (non-hydrogen) atoms. The van der Waals surface area contributed by atoms with Gasteiger partial charge < -0.3 is 10.6 Å². The third kappa shape index (κ3) is 2.57. The summed E-state index contributed by atoms with van der Waals surface area (Å²) in [5, 5.41) is 15.0. The van der Waals surface area contributed by atoms with E-state index in [0.717, 1.165) is 23.3 Å². The SMILES string of the molecule is CC1(C)CC(=O)C2=C(C1)Nc1nonc1N[C@H]2c1ccc(Cl)cc1. The number of Topliss-reactive ketones (excluding diaryl/α,β-unsaturated/α-hetero) is 1. The number of nitrogens with zero attached hydrogens (tertiary/aromatic N) is 2. The van der Waals surface area contributed by atoms with E-state index in [1.807, 2.05) is 24.3 Å². The van der Waals surface area contributed by atoms with Crippen LogP contribution in [0.3, 0.4) is 0 Å². The maximum Gasteiger partial charge on any atom is 0.219 e. The minimum Gasteiger partial charge on any atom is -0.353 e. The highest BCUT2D eigenvalue weighted by molar-refractivity contribution is 6.30. The standard InChI is InChI=1S/C17H17ClN4O2/c1-17(2)7-11-13(12(23)8-17)14(9-3-5-10(18)6-4-9)20-16-15(19-11)21-24-22-16/h3-6,14H,7-8H2,1-2H3,(H,19,21)(H,20,22)/t14-/m0/s1. The van der Waals surface area contributed by atoms with Gasteiger partial charge in [-0.1, -0.05) is 37.6 Å². The monoisotopic (exact) mass is 344 g/mol. The average molecular weight is 345 g/mol. The van der Waals surface area contributed by atoms with Crippen LogP contribution in [0.15, 0.2) is 40.2 Å². The van der Waals surface area contributed by atoms with Crippen molar-refractivity contribution in [3.05, 3.63) is 46.1 Å². The number of hydrogen-bond acceptors (Lipinski definition) is 6. The summed E-state index contributed by atoms with van der Waals surface area (Å²) in [7, 11) is 0. The Labute approximate surface area is 144 Å². The van der Waals surface area contributed by atoms with E-state index in [1.165, 1.54) is 0 Å². The van der Waals surface area contributed by atoms with Gasteiger partial charge in [-0.3, -0.25) is 4.79 Å². The molecule has 1 aliphatic carbocycles. The number of allylic oxidation sites excluding steroid dienone is 1. The lowest BCUT2D eigenvalue weighted by molar-refractivity contribution is -0.118. The van der Waals surface area contributed by atoms with E-state index in [1.54, 1.807) is 0 Å². The zero-order valence-electron chi connectivity index (χ0n) is 13.4. The predicted octanol–water partition coefficient (Wildman–Crippen LogP) is 3.94. The Morgan fingerprint density at radius 1 is 1.17 bits per heavy atom. The lowest BCUT2D eigenvalue weighted by Gasteiger charge is -2.34. The molecule has 0 amide bonds. The molecule has 6 nitrogen and oxygen atoms in total. The highest BCUT2D eigenvalue weighted by Gasteiger charge is 2.39. The molecular weight excluding hydrogens is 328 g/mol. The van der Waals surface area contributed by atoms with Crippen molar-refractivity contribution in [2.45, 2.75) is 32.7 Å². The number of anilines is 2. The van der Waals surface area contributed by atoms with Crippen LogP contribution < -0.4 is 10.6 Å². The Kier molecular flexibility index (Phi) is 3.38. The van der Waals surface area contributed by atoms with Crippen molar-refractivity contribution in [1.82, 2.24) is 10.3 Å². The number of rotatable bonds is 1. The van der Waals surface area contributed by atoms with Crippen LogP contribution >= 0.6 is 11.6 Å². The van der Waals surface area contributed by atoms with Crippen molar-refractivity contribution in [3.8, 4) is 0 Å². The Balaban J connectivity index is 1.86. The summed E-state index contributed by atoms with van der Waals surface area (Å²) < 4.78 is 4.83. The summed E-state index contributed by atoms with van der Waals surface area (Å²) in [6, 6.07) is 7.14. The van der Waals surface area contributed by atoms with Crippen molar-refractivity contribution < 1.29 is 9.42 Å². The second kappa shape index (κ2) is 5.34. The van der Waals surface area contributed by atoms with E-state index >= 15 is 0 Å². The number of fused-ring (bicyclic) bond motifs is 1. The second-order valence-corrected chi connectivity index (χ2v) is 7.48. The molecular formula is C17H17ClN4O2. The number of ketones is 1. The van der Waals surface area contributed by atoms with Crippen molar-refractivity contribution in [3.63, 3.8) is 0 Å². The molecule has 4 rings (SSSR count). The fraction of sp³-hybridized carbons (Fsp3) is 0.353. The zero-order chi connectivity index (χ0) is 16.9. The molecule has 0 saturated heterocycles. The minimum absolute atomic E-state index is 0.102. The molecule has 0 bridgehead atoms. The fourth-order valence-electron chi connectivity index (χ4n) is 3.40. The second-order valence-electron chi connectivity index (χ2n) is 7.05. The molecule has 2 heterocycles. The molecule has 0 spiro atoms. The largest absolute Gasteiger partial charge is 0.353 e. The third-order valence-electron chi connectivity index (χ3n) is 4.45. The van der Waals surface area contributed by atoms with Crippen LogP contribution in [0, 0.1) is 5.41 Å². The van der Waals surface area contributed by atoms with Gasteiger partial charge in [0.15, 0.2) is 5.78 Å². The van der Waals surface area contributed by atoms with E-state index in [2.05, 4.69) is 34.8 Å². The molecule has 124 valence electrons. The van der Waals surface area contributed by atoms with Crippen LogP contribution in [-0.2, 0) is 4.79 Å². The molecule has 1 atom stereocenters. The first-order valence-corrected chi connectivity index (χ1v) is 8.19. The molecule has 0 unspecified atom stereocenters. The number of hydrogen-bond donors (Lipinski definition) is 2. The Morgan fingerprint density at radius 2 is 1.88 bits per heavy atom. The van der Waals surface area contributed by atoms with Crippen LogP contribution in [-0.4, -0.2) is 16.1 Å². The predicted molar refractivity (Wildman–Crippen MR) is 90.8 cm³/mol. The molecule has 0 fully saturated rings. The topological polar surface area (TPSA) is 80.1 Å². The molecule has 0 radical (unpaired) electrons. The molecule has 2 N–H and O–H groups in total. The summed E-state index contributed by atoms with van der Waals surface area (Å²) >= 11 is 6.00. The van der Waals surface area contributed by atoms with Crippen molar-refractivity contribution in [1.29, 1.82) is 0 Å². The molecule has 0 saturated carbocycles. The fourth-order valence-corrected chi connectivity index (χ4v) is 3.53. The number of halogens is 1.